The van der Waals surface area contributed by atoms with Crippen molar-refractivity contribution in [1.29, 1.82) is 0 Å². The van der Waals surface area contributed by atoms with E-state index in [-0.39, 0.29) is 5.82 Å². The number of nitrogens with zero attached hydrogens (tertiary/aromatic N) is 4. The molecule has 0 aliphatic carbocycles. The van der Waals surface area contributed by atoms with Gasteiger partial charge in [0.25, 0.3) is 0 Å². The van der Waals surface area contributed by atoms with Crippen molar-refractivity contribution in [1.82, 2.24) is 14.8 Å². The lowest BCUT2D eigenvalue weighted by atomic mass is 10.1. The predicted molar refractivity (Wildman–Crippen MR) is 83.3 cm³/mol. The summed E-state index contributed by atoms with van der Waals surface area (Å²) >= 11 is 2.22. The molecule has 0 fully saturated rings. The average Bonchev–Trinajstić information content (AvgIpc) is 2.76. The summed E-state index contributed by atoms with van der Waals surface area (Å²) in [7, 11) is 1.67. The highest BCUT2D eigenvalue weighted by atomic mass is 127. The molecule has 2 aromatic heterocycles. The molecule has 7 heteroatoms. The largest absolute Gasteiger partial charge is 0.416 e. The van der Waals surface area contributed by atoms with Crippen LogP contribution in [-0.4, -0.2) is 19.7 Å². The molecule has 0 atom stereocenters. The molecule has 0 N–H and O–H groups in total. The van der Waals surface area contributed by atoms with Crippen LogP contribution in [0.5, 0.6) is 0 Å². The maximum atomic E-state index is 11.0. The molecule has 0 radical (unpaired) electrons. The molecule has 6 nitrogen and oxygen atoms in total. The number of hydrogen-bond donors (Lipinski definition) is 0. The molecule has 0 unspecified atom stereocenters. The zero-order valence-electron chi connectivity index (χ0n) is 10.4. The van der Waals surface area contributed by atoms with Crippen molar-refractivity contribution < 1.29 is 4.92 Å². The van der Waals surface area contributed by atoms with Crippen LogP contribution >= 0.6 is 22.6 Å². The summed E-state index contributed by atoms with van der Waals surface area (Å²) in [5.74, 6) is -0.213. The lowest BCUT2D eigenvalue weighted by Crippen LogP contribution is -1.92. The number of pyridine rings is 1. The predicted octanol–water partition coefficient (Wildman–Crippen LogP) is 3.15. The molecular formula is C13H9IN4O2. The van der Waals surface area contributed by atoms with Crippen LogP contribution in [0.15, 0.2) is 36.4 Å². The van der Waals surface area contributed by atoms with Gasteiger partial charge >= 0.3 is 5.82 Å². The van der Waals surface area contributed by atoms with E-state index in [0.29, 0.717) is 16.7 Å². The minimum absolute atomic E-state index is 0.213. The zero-order chi connectivity index (χ0) is 14.3. The zero-order valence-corrected chi connectivity index (χ0v) is 12.6. The van der Waals surface area contributed by atoms with Crippen molar-refractivity contribution in [2.75, 3.05) is 0 Å². The fourth-order valence-corrected chi connectivity index (χ4v) is 2.60. The molecular weight excluding hydrogens is 371 g/mol. The first-order chi connectivity index (χ1) is 9.56. The SMILES string of the molecule is Cn1nc([N+](=O)[O-])c2nc(-c3cccc(I)c3)ccc21. The molecule has 1 aromatic carbocycles. The summed E-state index contributed by atoms with van der Waals surface area (Å²) in [6, 6.07) is 11.5. The maximum absolute atomic E-state index is 11.0. The number of aryl methyl sites for hydroxylation is 1. The Balaban J connectivity index is 2.24. The van der Waals surface area contributed by atoms with Gasteiger partial charge in [-0.1, -0.05) is 12.1 Å². The Bertz CT molecular complexity index is 828. The molecule has 0 spiro atoms. The van der Waals surface area contributed by atoms with E-state index >= 15 is 0 Å². The highest BCUT2D eigenvalue weighted by Gasteiger charge is 2.21. The van der Waals surface area contributed by atoms with Crippen LogP contribution in [-0.2, 0) is 7.05 Å². The van der Waals surface area contributed by atoms with Gasteiger partial charge in [0.15, 0.2) is 5.52 Å². The van der Waals surface area contributed by atoms with E-state index in [1.807, 2.05) is 30.3 Å². The van der Waals surface area contributed by atoms with E-state index in [4.69, 9.17) is 0 Å². The normalized spacial score (nSPS) is 10.9. The second kappa shape index (κ2) is 4.82. The van der Waals surface area contributed by atoms with Gasteiger partial charge in [0.05, 0.1) is 17.8 Å². The van der Waals surface area contributed by atoms with Gasteiger partial charge < -0.3 is 10.1 Å². The summed E-state index contributed by atoms with van der Waals surface area (Å²) in [5.41, 5.74) is 2.59. The number of hydrogen-bond acceptors (Lipinski definition) is 4. The smallest absolute Gasteiger partial charge is 0.358 e. The summed E-state index contributed by atoms with van der Waals surface area (Å²) in [6.45, 7) is 0. The van der Waals surface area contributed by atoms with Crippen LogP contribution in [0.25, 0.3) is 22.3 Å². The summed E-state index contributed by atoms with van der Waals surface area (Å²) in [5, 5.41) is 14.9. The van der Waals surface area contributed by atoms with Crippen molar-refractivity contribution in [2.45, 2.75) is 0 Å². The standard InChI is InChI=1S/C13H9IN4O2/c1-17-11-6-5-10(8-3-2-4-9(14)7-8)15-12(11)13(16-17)18(19)20/h2-7H,1H3. The molecule has 3 rings (SSSR count). The highest BCUT2D eigenvalue weighted by molar-refractivity contribution is 14.1. The van der Waals surface area contributed by atoms with Gasteiger partial charge in [0, 0.05) is 9.13 Å². The summed E-state index contributed by atoms with van der Waals surface area (Å²) < 4.78 is 2.56. The Morgan fingerprint density at radius 3 is 2.80 bits per heavy atom. The summed E-state index contributed by atoms with van der Waals surface area (Å²) in [6.07, 6.45) is 0. The van der Waals surface area contributed by atoms with Crippen LogP contribution in [0, 0.1) is 13.7 Å². The lowest BCUT2D eigenvalue weighted by Gasteiger charge is -2.01. The van der Waals surface area contributed by atoms with E-state index in [1.54, 1.807) is 13.1 Å². The first kappa shape index (κ1) is 13.0. The second-order valence-corrected chi connectivity index (χ2v) is 5.52. The van der Waals surface area contributed by atoms with Crippen LogP contribution in [0.4, 0.5) is 5.82 Å². The average molecular weight is 380 g/mol. The van der Waals surface area contributed by atoms with Crippen LogP contribution in [0.2, 0.25) is 0 Å². The quantitative estimate of drug-likeness (QED) is 0.389. The van der Waals surface area contributed by atoms with Crippen LogP contribution < -0.4 is 0 Å². The van der Waals surface area contributed by atoms with Crippen LogP contribution in [0.3, 0.4) is 0 Å². The number of aromatic nitrogens is 3. The van der Waals surface area contributed by atoms with Gasteiger partial charge in [-0.3, -0.25) is 0 Å². The molecule has 3 aromatic rings. The van der Waals surface area contributed by atoms with E-state index < -0.39 is 4.92 Å². The molecule has 0 aliphatic rings. The first-order valence-electron chi connectivity index (χ1n) is 5.80. The molecule has 0 saturated carbocycles. The number of halogens is 1. The molecule has 2 heterocycles. The van der Waals surface area contributed by atoms with Gasteiger partial charge in [-0.15, -0.1) is 0 Å². The minimum Gasteiger partial charge on any atom is -0.358 e. The fourth-order valence-electron chi connectivity index (χ4n) is 2.05. The molecule has 0 amide bonds. The number of benzene rings is 1. The lowest BCUT2D eigenvalue weighted by molar-refractivity contribution is -0.388. The topological polar surface area (TPSA) is 73.8 Å². The third kappa shape index (κ3) is 2.13. The van der Waals surface area contributed by atoms with E-state index in [2.05, 4.69) is 32.7 Å². The van der Waals surface area contributed by atoms with Crippen molar-refractivity contribution in [3.05, 3.63) is 50.1 Å². The van der Waals surface area contributed by atoms with Gasteiger partial charge in [-0.2, -0.15) is 4.68 Å². The van der Waals surface area contributed by atoms with Gasteiger partial charge in [0.1, 0.15) is 5.52 Å². The van der Waals surface area contributed by atoms with Gasteiger partial charge in [0.2, 0.25) is 0 Å². The van der Waals surface area contributed by atoms with E-state index in [0.717, 1.165) is 9.13 Å². The number of nitro groups is 1. The molecule has 100 valence electrons. The van der Waals surface area contributed by atoms with Gasteiger partial charge in [-0.25, -0.2) is 4.98 Å². The Morgan fingerprint density at radius 1 is 1.30 bits per heavy atom. The van der Waals surface area contributed by atoms with Crippen molar-refractivity contribution >= 4 is 39.4 Å². The minimum atomic E-state index is -0.506. The number of fused-ring (bicyclic) bond motifs is 1. The van der Waals surface area contributed by atoms with E-state index in [9.17, 15) is 10.1 Å². The maximum Gasteiger partial charge on any atom is 0.416 e. The first-order valence-corrected chi connectivity index (χ1v) is 6.88. The Kier molecular flexibility index (Phi) is 3.13. The monoisotopic (exact) mass is 380 g/mol. The molecule has 0 bridgehead atoms. The molecule has 0 aliphatic heterocycles. The van der Waals surface area contributed by atoms with Crippen molar-refractivity contribution in [3.8, 4) is 11.3 Å². The summed E-state index contributed by atoms with van der Waals surface area (Å²) in [4.78, 5) is 14.9. The third-order valence-electron chi connectivity index (χ3n) is 2.97. The highest BCUT2D eigenvalue weighted by Crippen LogP contribution is 2.26. The molecule has 20 heavy (non-hydrogen) atoms. The number of rotatable bonds is 2. The third-order valence-corrected chi connectivity index (χ3v) is 3.64. The Morgan fingerprint density at radius 2 is 2.10 bits per heavy atom. The second-order valence-electron chi connectivity index (χ2n) is 4.28. The van der Waals surface area contributed by atoms with Crippen molar-refractivity contribution in [2.24, 2.45) is 7.05 Å². The van der Waals surface area contributed by atoms with Crippen LogP contribution in [0.1, 0.15) is 0 Å². The van der Waals surface area contributed by atoms with Crippen molar-refractivity contribution in [3.63, 3.8) is 0 Å². The Hall–Kier alpha value is -2.03. The fraction of sp³-hybridized carbons (Fsp3) is 0.0769. The Labute approximate surface area is 127 Å². The molecule has 0 saturated heterocycles. The van der Waals surface area contributed by atoms with Gasteiger partial charge in [-0.05, 0) is 51.8 Å². The van der Waals surface area contributed by atoms with E-state index in [1.165, 1.54) is 4.68 Å².